The molecule has 0 aliphatic heterocycles. The van der Waals surface area contributed by atoms with E-state index in [-0.39, 0.29) is 5.91 Å². The number of H-pyrrole nitrogens is 1. The van der Waals surface area contributed by atoms with Crippen LogP contribution < -0.4 is 11.1 Å². The van der Waals surface area contributed by atoms with Gasteiger partial charge in [0.05, 0.1) is 12.8 Å². The molecule has 1 heterocycles. The van der Waals surface area contributed by atoms with Gasteiger partial charge >= 0.3 is 0 Å². The Morgan fingerprint density at radius 1 is 1.79 bits per heavy atom. The van der Waals surface area contributed by atoms with E-state index in [1.807, 2.05) is 0 Å². The first-order valence-corrected chi connectivity index (χ1v) is 4.27. The van der Waals surface area contributed by atoms with Crippen LogP contribution in [0.1, 0.15) is 12.0 Å². The maximum absolute atomic E-state index is 11.1. The zero-order valence-corrected chi connectivity index (χ0v) is 8.04. The van der Waals surface area contributed by atoms with Gasteiger partial charge in [0.15, 0.2) is 0 Å². The number of methoxy groups -OCH3 is 1. The molecule has 1 amide bonds. The Bertz CT molecular complexity index is 297. The summed E-state index contributed by atoms with van der Waals surface area (Å²) in [5, 5.41) is 9.02. The van der Waals surface area contributed by atoms with E-state index in [2.05, 4.69) is 15.5 Å². The molecule has 0 saturated carbocycles. The van der Waals surface area contributed by atoms with E-state index < -0.39 is 0 Å². The fraction of sp³-hybridized carbons (Fsp3) is 0.500. The van der Waals surface area contributed by atoms with Gasteiger partial charge in [0.25, 0.3) is 0 Å². The first-order valence-electron chi connectivity index (χ1n) is 4.27. The topological polar surface area (TPSA) is 93.0 Å². The molecule has 0 saturated heterocycles. The zero-order chi connectivity index (χ0) is 10.4. The van der Waals surface area contributed by atoms with Gasteiger partial charge in [0.1, 0.15) is 5.82 Å². The molecule has 6 nitrogen and oxygen atoms in total. The van der Waals surface area contributed by atoms with Gasteiger partial charge in [-0.1, -0.05) is 0 Å². The Balaban J connectivity index is 2.27. The third-order valence-electron chi connectivity index (χ3n) is 1.76. The molecule has 4 N–H and O–H groups in total. The number of anilines is 1. The molecule has 0 fully saturated rings. The van der Waals surface area contributed by atoms with Crippen molar-refractivity contribution in [2.24, 2.45) is 0 Å². The highest BCUT2D eigenvalue weighted by Gasteiger charge is 2.03. The number of nitrogens with zero attached hydrogens (tertiary/aromatic N) is 1. The molecule has 1 aromatic heterocycles. The monoisotopic (exact) mass is 198 g/mol. The molecule has 14 heavy (non-hydrogen) atoms. The van der Waals surface area contributed by atoms with Crippen molar-refractivity contribution < 1.29 is 9.53 Å². The number of aromatic amines is 1. The van der Waals surface area contributed by atoms with Gasteiger partial charge in [-0.05, 0) is 0 Å². The standard InChI is InChI=1S/C8H14N4O2/c1-14-3-2-7(13)10-4-6-5-11-12-8(6)9/h5H,2-4H2,1H3,(H,10,13)(H3,9,11,12). The summed E-state index contributed by atoms with van der Waals surface area (Å²) in [4.78, 5) is 11.1. The van der Waals surface area contributed by atoms with E-state index in [0.717, 1.165) is 5.56 Å². The van der Waals surface area contributed by atoms with E-state index in [0.29, 0.717) is 25.4 Å². The second kappa shape index (κ2) is 5.23. The third kappa shape index (κ3) is 3.06. The second-order valence-corrected chi connectivity index (χ2v) is 2.83. The highest BCUT2D eigenvalue weighted by molar-refractivity contribution is 5.76. The average Bonchev–Trinajstić information content (AvgIpc) is 2.58. The lowest BCUT2D eigenvalue weighted by atomic mass is 10.3. The normalized spacial score (nSPS) is 10.1. The molecule has 0 atom stereocenters. The van der Waals surface area contributed by atoms with E-state index >= 15 is 0 Å². The summed E-state index contributed by atoms with van der Waals surface area (Å²) in [5.74, 6) is 0.421. The van der Waals surface area contributed by atoms with Crippen molar-refractivity contribution >= 4 is 11.7 Å². The minimum absolute atomic E-state index is 0.0625. The predicted octanol–water partition coefficient (Wildman–Crippen LogP) is -0.355. The number of amides is 1. The summed E-state index contributed by atoms with van der Waals surface area (Å²) in [6, 6.07) is 0. The number of hydrogen-bond donors (Lipinski definition) is 3. The molecule has 1 rings (SSSR count). The molecular weight excluding hydrogens is 184 g/mol. The van der Waals surface area contributed by atoms with Crippen molar-refractivity contribution in [1.82, 2.24) is 15.5 Å². The first kappa shape index (κ1) is 10.5. The SMILES string of the molecule is COCCC(=O)NCc1cn[nH]c1N. The van der Waals surface area contributed by atoms with Gasteiger partial charge in [-0.15, -0.1) is 0 Å². The first-order chi connectivity index (χ1) is 6.74. The Kier molecular flexibility index (Phi) is 3.93. The number of hydrogen-bond acceptors (Lipinski definition) is 4. The number of ether oxygens (including phenoxy) is 1. The van der Waals surface area contributed by atoms with E-state index in [4.69, 9.17) is 10.5 Å². The van der Waals surface area contributed by atoms with Gasteiger partial charge in [0, 0.05) is 25.6 Å². The number of nitrogen functional groups attached to an aromatic ring is 1. The lowest BCUT2D eigenvalue weighted by molar-refractivity contribution is -0.122. The average molecular weight is 198 g/mol. The molecule has 0 radical (unpaired) electrons. The van der Waals surface area contributed by atoms with Crippen molar-refractivity contribution in [3.8, 4) is 0 Å². The highest BCUT2D eigenvalue weighted by Crippen LogP contribution is 2.04. The lowest BCUT2D eigenvalue weighted by Gasteiger charge is -2.03. The van der Waals surface area contributed by atoms with Crippen LogP contribution in [0.2, 0.25) is 0 Å². The summed E-state index contributed by atoms with van der Waals surface area (Å²) >= 11 is 0. The third-order valence-corrected chi connectivity index (χ3v) is 1.76. The van der Waals surface area contributed by atoms with E-state index in [1.165, 1.54) is 0 Å². The number of rotatable bonds is 5. The van der Waals surface area contributed by atoms with Crippen LogP contribution in [0.5, 0.6) is 0 Å². The minimum atomic E-state index is -0.0625. The molecule has 6 heteroatoms. The van der Waals surface area contributed by atoms with Crippen LogP contribution in [0.25, 0.3) is 0 Å². The number of carbonyl (C=O) groups excluding carboxylic acids is 1. The molecule has 0 aliphatic rings. The summed E-state index contributed by atoms with van der Waals surface area (Å²) in [6.07, 6.45) is 1.94. The Hall–Kier alpha value is -1.56. The summed E-state index contributed by atoms with van der Waals surface area (Å²) in [7, 11) is 1.56. The van der Waals surface area contributed by atoms with Crippen molar-refractivity contribution in [2.75, 3.05) is 19.5 Å². The Morgan fingerprint density at radius 2 is 2.57 bits per heavy atom. The number of nitrogens with two attached hydrogens (primary N) is 1. The molecule has 78 valence electrons. The molecule has 0 bridgehead atoms. The maximum Gasteiger partial charge on any atom is 0.222 e. The molecular formula is C8H14N4O2. The lowest BCUT2D eigenvalue weighted by Crippen LogP contribution is -2.23. The maximum atomic E-state index is 11.1. The van der Waals surface area contributed by atoms with Gasteiger partial charge in [-0.25, -0.2) is 0 Å². The Labute approximate surface area is 81.8 Å². The molecule has 0 aromatic carbocycles. The number of carbonyl (C=O) groups is 1. The van der Waals surface area contributed by atoms with Crippen LogP contribution in [0.15, 0.2) is 6.20 Å². The van der Waals surface area contributed by atoms with E-state index in [1.54, 1.807) is 13.3 Å². The van der Waals surface area contributed by atoms with Crippen molar-refractivity contribution in [1.29, 1.82) is 0 Å². The van der Waals surface area contributed by atoms with Gasteiger partial charge < -0.3 is 15.8 Å². The van der Waals surface area contributed by atoms with Crippen LogP contribution in [-0.4, -0.2) is 29.8 Å². The second-order valence-electron chi connectivity index (χ2n) is 2.83. The molecule has 0 aliphatic carbocycles. The van der Waals surface area contributed by atoms with Crippen LogP contribution in [0, 0.1) is 0 Å². The van der Waals surface area contributed by atoms with Crippen molar-refractivity contribution in [3.05, 3.63) is 11.8 Å². The summed E-state index contributed by atoms with van der Waals surface area (Å²) in [6.45, 7) is 0.817. The molecule has 0 spiro atoms. The molecule has 0 unspecified atom stereocenters. The highest BCUT2D eigenvalue weighted by atomic mass is 16.5. The number of aromatic nitrogens is 2. The summed E-state index contributed by atoms with van der Waals surface area (Å²) < 4.78 is 4.77. The van der Waals surface area contributed by atoms with Crippen LogP contribution in [-0.2, 0) is 16.1 Å². The van der Waals surface area contributed by atoms with Crippen LogP contribution in [0.4, 0.5) is 5.82 Å². The fourth-order valence-electron chi connectivity index (χ4n) is 0.939. The van der Waals surface area contributed by atoms with Crippen molar-refractivity contribution in [2.45, 2.75) is 13.0 Å². The number of nitrogens with one attached hydrogen (secondary N) is 2. The van der Waals surface area contributed by atoms with E-state index in [9.17, 15) is 4.79 Å². The predicted molar refractivity (Wildman–Crippen MR) is 51.3 cm³/mol. The van der Waals surface area contributed by atoms with Crippen molar-refractivity contribution in [3.63, 3.8) is 0 Å². The van der Waals surface area contributed by atoms with Gasteiger partial charge in [0.2, 0.25) is 5.91 Å². The molecule has 1 aromatic rings. The quantitative estimate of drug-likeness (QED) is 0.602. The fourth-order valence-corrected chi connectivity index (χ4v) is 0.939. The minimum Gasteiger partial charge on any atom is -0.384 e. The van der Waals surface area contributed by atoms with Crippen LogP contribution >= 0.6 is 0 Å². The van der Waals surface area contributed by atoms with Crippen LogP contribution in [0.3, 0.4) is 0 Å². The smallest absolute Gasteiger partial charge is 0.222 e. The Morgan fingerprint density at radius 3 is 3.14 bits per heavy atom. The summed E-state index contributed by atoms with van der Waals surface area (Å²) in [5.41, 5.74) is 6.32. The zero-order valence-electron chi connectivity index (χ0n) is 8.04. The van der Waals surface area contributed by atoms with Gasteiger partial charge in [-0.2, -0.15) is 5.10 Å². The van der Waals surface area contributed by atoms with Gasteiger partial charge in [-0.3, -0.25) is 9.89 Å². The largest absolute Gasteiger partial charge is 0.384 e.